The number of likely N-dealkylation sites (N-methyl/N-ethyl adjacent to an activating group) is 1. The Morgan fingerprint density at radius 1 is 1.00 bits per heavy atom. The summed E-state index contributed by atoms with van der Waals surface area (Å²) in [4.78, 5) is 19.5. The van der Waals surface area contributed by atoms with E-state index in [9.17, 15) is 18.0 Å². The molecular formula is C18H18F3N3O3. The molecule has 1 fully saturated rings. The minimum atomic E-state index is -4.44. The number of nitrogens with zero attached hydrogens (tertiary/aromatic N) is 3. The van der Waals surface area contributed by atoms with Crippen LogP contribution in [0.25, 0.3) is 0 Å². The van der Waals surface area contributed by atoms with Gasteiger partial charge in [-0.2, -0.15) is 13.2 Å². The second kappa shape index (κ2) is 7.83. The second-order valence-electron chi connectivity index (χ2n) is 6.11. The standard InChI is InChI=1S/C18H18F3N3O3/c1-23-8-10-24(11-9-23)17(25)27-15-5-3-14(4-6-15)26-16-7-2-13(12-22-16)18(19,20)21/h2-7,12H,8-11H2,1H3. The molecule has 2 aromatic rings. The van der Waals surface area contributed by atoms with E-state index in [0.717, 1.165) is 25.2 Å². The van der Waals surface area contributed by atoms with Gasteiger partial charge in [0, 0.05) is 38.4 Å². The molecule has 1 amide bonds. The molecule has 0 atom stereocenters. The highest BCUT2D eigenvalue weighted by molar-refractivity contribution is 5.70. The summed E-state index contributed by atoms with van der Waals surface area (Å²) >= 11 is 0. The minimum absolute atomic E-state index is 0.0326. The number of carbonyl (C=O) groups excluding carboxylic acids is 1. The lowest BCUT2D eigenvalue weighted by Crippen LogP contribution is -2.48. The number of carbonyl (C=O) groups is 1. The molecule has 2 heterocycles. The van der Waals surface area contributed by atoms with E-state index in [-0.39, 0.29) is 5.88 Å². The number of benzene rings is 1. The van der Waals surface area contributed by atoms with Gasteiger partial charge in [0.1, 0.15) is 11.5 Å². The van der Waals surface area contributed by atoms with E-state index in [1.54, 1.807) is 29.2 Å². The summed E-state index contributed by atoms with van der Waals surface area (Å²) in [6, 6.07) is 8.23. The lowest BCUT2D eigenvalue weighted by molar-refractivity contribution is -0.137. The molecule has 6 nitrogen and oxygen atoms in total. The highest BCUT2D eigenvalue weighted by atomic mass is 19.4. The highest BCUT2D eigenvalue weighted by Gasteiger charge is 2.30. The van der Waals surface area contributed by atoms with Crippen molar-refractivity contribution in [2.75, 3.05) is 33.2 Å². The number of hydrogen-bond donors (Lipinski definition) is 0. The maximum absolute atomic E-state index is 12.5. The van der Waals surface area contributed by atoms with Crippen LogP contribution in [0.15, 0.2) is 42.6 Å². The van der Waals surface area contributed by atoms with Gasteiger partial charge >= 0.3 is 12.3 Å². The lowest BCUT2D eigenvalue weighted by atomic mass is 10.3. The first-order valence-electron chi connectivity index (χ1n) is 8.28. The predicted octanol–water partition coefficient (Wildman–Crippen LogP) is 3.64. The minimum Gasteiger partial charge on any atom is -0.439 e. The van der Waals surface area contributed by atoms with Crippen molar-refractivity contribution in [3.05, 3.63) is 48.2 Å². The van der Waals surface area contributed by atoms with Crippen LogP contribution in [0.3, 0.4) is 0 Å². The van der Waals surface area contributed by atoms with Crippen LogP contribution in [-0.4, -0.2) is 54.1 Å². The number of alkyl halides is 3. The van der Waals surface area contributed by atoms with Gasteiger partial charge in [-0.3, -0.25) is 0 Å². The SMILES string of the molecule is CN1CCN(C(=O)Oc2ccc(Oc3ccc(C(F)(F)F)cn3)cc2)CC1. The predicted molar refractivity (Wildman–Crippen MR) is 90.8 cm³/mol. The Labute approximate surface area is 154 Å². The molecule has 0 aliphatic carbocycles. The fraction of sp³-hybridized carbons (Fsp3) is 0.333. The maximum atomic E-state index is 12.5. The highest BCUT2D eigenvalue weighted by Crippen LogP contribution is 2.30. The van der Waals surface area contributed by atoms with E-state index in [0.29, 0.717) is 30.8 Å². The molecule has 0 radical (unpaired) electrons. The maximum Gasteiger partial charge on any atom is 0.417 e. The molecule has 0 saturated carbocycles. The number of ether oxygens (including phenoxy) is 2. The largest absolute Gasteiger partial charge is 0.439 e. The molecule has 1 aliphatic heterocycles. The number of aromatic nitrogens is 1. The van der Waals surface area contributed by atoms with Crippen LogP contribution in [-0.2, 0) is 6.18 Å². The van der Waals surface area contributed by atoms with Crippen molar-refractivity contribution < 1.29 is 27.4 Å². The summed E-state index contributed by atoms with van der Waals surface area (Å²) < 4.78 is 48.3. The molecule has 144 valence electrons. The van der Waals surface area contributed by atoms with Crippen molar-refractivity contribution in [2.24, 2.45) is 0 Å². The normalized spacial score (nSPS) is 15.5. The van der Waals surface area contributed by atoms with Gasteiger partial charge in [0.2, 0.25) is 5.88 Å². The molecule has 1 aromatic carbocycles. The third kappa shape index (κ3) is 5.10. The first-order chi connectivity index (χ1) is 12.8. The molecule has 9 heteroatoms. The Kier molecular flexibility index (Phi) is 5.50. The number of hydrogen-bond acceptors (Lipinski definition) is 5. The van der Waals surface area contributed by atoms with Gasteiger partial charge < -0.3 is 19.3 Å². The molecule has 0 N–H and O–H groups in total. The van der Waals surface area contributed by atoms with E-state index in [1.165, 1.54) is 0 Å². The summed E-state index contributed by atoms with van der Waals surface area (Å²) in [6.45, 7) is 2.80. The molecule has 3 rings (SSSR count). The summed E-state index contributed by atoms with van der Waals surface area (Å²) in [6.07, 6.45) is -4.15. The number of amides is 1. The van der Waals surface area contributed by atoms with Gasteiger partial charge in [0.05, 0.1) is 5.56 Å². The number of halogens is 3. The zero-order valence-corrected chi connectivity index (χ0v) is 14.6. The van der Waals surface area contributed by atoms with Crippen molar-refractivity contribution in [1.82, 2.24) is 14.8 Å². The molecular weight excluding hydrogens is 363 g/mol. The number of pyridine rings is 1. The Morgan fingerprint density at radius 2 is 1.63 bits per heavy atom. The molecule has 0 bridgehead atoms. The van der Waals surface area contributed by atoms with Crippen molar-refractivity contribution in [2.45, 2.75) is 6.18 Å². The van der Waals surface area contributed by atoms with Gasteiger partial charge in [-0.05, 0) is 37.4 Å². The zero-order chi connectivity index (χ0) is 19.4. The molecule has 1 aromatic heterocycles. The van der Waals surface area contributed by atoms with Crippen molar-refractivity contribution in [1.29, 1.82) is 0 Å². The first kappa shape index (κ1) is 19.0. The molecule has 0 spiro atoms. The van der Waals surface area contributed by atoms with E-state index in [1.807, 2.05) is 7.05 Å². The van der Waals surface area contributed by atoms with Crippen LogP contribution in [0.1, 0.15) is 5.56 Å². The van der Waals surface area contributed by atoms with Crippen molar-refractivity contribution in [3.63, 3.8) is 0 Å². The monoisotopic (exact) mass is 381 g/mol. The van der Waals surface area contributed by atoms with Crippen LogP contribution in [0, 0.1) is 0 Å². The van der Waals surface area contributed by atoms with Crippen LogP contribution in [0.5, 0.6) is 17.4 Å². The Bertz CT molecular complexity index is 771. The Hall–Kier alpha value is -2.81. The van der Waals surface area contributed by atoms with E-state index < -0.39 is 17.8 Å². The van der Waals surface area contributed by atoms with Crippen LogP contribution >= 0.6 is 0 Å². The Morgan fingerprint density at radius 3 is 2.19 bits per heavy atom. The average molecular weight is 381 g/mol. The van der Waals surface area contributed by atoms with Crippen LogP contribution in [0.4, 0.5) is 18.0 Å². The fourth-order valence-corrected chi connectivity index (χ4v) is 2.46. The van der Waals surface area contributed by atoms with Crippen LogP contribution in [0.2, 0.25) is 0 Å². The summed E-state index contributed by atoms with van der Waals surface area (Å²) in [5.41, 5.74) is -0.846. The molecule has 0 unspecified atom stereocenters. The summed E-state index contributed by atoms with van der Waals surface area (Å²) in [5, 5.41) is 0. The first-order valence-corrected chi connectivity index (χ1v) is 8.28. The average Bonchev–Trinajstić information content (AvgIpc) is 2.63. The van der Waals surface area contributed by atoms with Crippen molar-refractivity contribution >= 4 is 6.09 Å². The van der Waals surface area contributed by atoms with Crippen molar-refractivity contribution in [3.8, 4) is 17.4 Å². The van der Waals surface area contributed by atoms with Gasteiger partial charge in [0.15, 0.2) is 0 Å². The van der Waals surface area contributed by atoms with E-state index in [4.69, 9.17) is 9.47 Å². The topological polar surface area (TPSA) is 54.9 Å². The van der Waals surface area contributed by atoms with Crippen LogP contribution < -0.4 is 9.47 Å². The third-order valence-electron chi connectivity index (χ3n) is 4.08. The Balaban J connectivity index is 1.56. The fourth-order valence-electron chi connectivity index (χ4n) is 2.46. The van der Waals surface area contributed by atoms with Gasteiger partial charge in [-0.1, -0.05) is 0 Å². The lowest BCUT2D eigenvalue weighted by Gasteiger charge is -2.31. The summed E-state index contributed by atoms with van der Waals surface area (Å²) in [5.74, 6) is 0.749. The third-order valence-corrected chi connectivity index (χ3v) is 4.08. The van der Waals surface area contributed by atoms with E-state index >= 15 is 0 Å². The zero-order valence-electron chi connectivity index (χ0n) is 14.6. The van der Waals surface area contributed by atoms with Gasteiger partial charge in [-0.15, -0.1) is 0 Å². The number of piperazine rings is 1. The van der Waals surface area contributed by atoms with Gasteiger partial charge in [0.25, 0.3) is 0 Å². The van der Waals surface area contributed by atoms with Gasteiger partial charge in [-0.25, -0.2) is 9.78 Å². The molecule has 1 saturated heterocycles. The summed E-state index contributed by atoms with van der Waals surface area (Å²) in [7, 11) is 1.99. The van der Waals surface area contributed by atoms with E-state index in [2.05, 4.69) is 9.88 Å². The second-order valence-corrected chi connectivity index (χ2v) is 6.11. The molecule has 1 aliphatic rings. The number of rotatable bonds is 3. The molecule has 27 heavy (non-hydrogen) atoms. The quantitative estimate of drug-likeness (QED) is 0.813. The smallest absolute Gasteiger partial charge is 0.417 e.